The molecule has 1 saturated heterocycles. The molecule has 0 amide bonds. The number of carboxylic acids is 1. The van der Waals surface area contributed by atoms with Gasteiger partial charge in [0.05, 0.1) is 13.0 Å². The zero-order valence-electron chi connectivity index (χ0n) is 11.4. The highest BCUT2D eigenvalue weighted by molar-refractivity contribution is 5.75. The van der Waals surface area contributed by atoms with Crippen molar-refractivity contribution in [1.29, 1.82) is 0 Å². The van der Waals surface area contributed by atoms with E-state index in [0.29, 0.717) is 19.3 Å². The Hall–Kier alpha value is -2.04. The molecule has 1 aromatic carbocycles. The Labute approximate surface area is 117 Å². The van der Waals surface area contributed by atoms with Gasteiger partial charge >= 0.3 is 11.9 Å². The van der Waals surface area contributed by atoms with E-state index in [2.05, 4.69) is 0 Å². The van der Waals surface area contributed by atoms with Crippen molar-refractivity contribution in [2.75, 3.05) is 7.11 Å². The van der Waals surface area contributed by atoms with Gasteiger partial charge in [-0.1, -0.05) is 12.1 Å². The fourth-order valence-corrected chi connectivity index (χ4v) is 2.40. The number of hydrogen-bond donors (Lipinski definition) is 1. The van der Waals surface area contributed by atoms with E-state index in [4.69, 9.17) is 14.6 Å². The third-order valence-electron chi connectivity index (χ3n) is 3.52. The number of methoxy groups -OCH3 is 1. The van der Waals surface area contributed by atoms with E-state index >= 15 is 0 Å². The molecular weight excluding hydrogens is 260 g/mol. The van der Waals surface area contributed by atoms with Crippen LogP contribution in [0.2, 0.25) is 0 Å². The predicted molar refractivity (Wildman–Crippen MR) is 71.4 cm³/mol. The van der Waals surface area contributed by atoms with Gasteiger partial charge in [0.1, 0.15) is 11.9 Å². The van der Waals surface area contributed by atoms with Gasteiger partial charge in [-0.05, 0) is 30.5 Å². The van der Waals surface area contributed by atoms with Crippen LogP contribution in [0, 0.1) is 5.92 Å². The van der Waals surface area contributed by atoms with Gasteiger partial charge in [-0.2, -0.15) is 0 Å². The van der Waals surface area contributed by atoms with Gasteiger partial charge in [-0.15, -0.1) is 0 Å². The number of carbonyl (C=O) groups is 2. The third-order valence-corrected chi connectivity index (χ3v) is 3.52. The number of esters is 1. The molecule has 1 aliphatic heterocycles. The Morgan fingerprint density at radius 1 is 1.40 bits per heavy atom. The van der Waals surface area contributed by atoms with E-state index in [1.54, 1.807) is 7.11 Å². The minimum Gasteiger partial charge on any atom is -0.497 e. The summed E-state index contributed by atoms with van der Waals surface area (Å²) < 4.78 is 10.5. The van der Waals surface area contributed by atoms with Gasteiger partial charge in [0.25, 0.3) is 0 Å². The molecule has 0 bridgehead atoms. The van der Waals surface area contributed by atoms with E-state index in [1.165, 1.54) is 0 Å². The first-order valence-electron chi connectivity index (χ1n) is 6.66. The number of carbonyl (C=O) groups excluding carboxylic acids is 1. The first kappa shape index (κ1) is 14.4. The van der Waals surface area contributed by atoms with E-state index in [-0.39, 0.29) is 24.4 Å². The van der Waals surface area contributed by atoms with Crippen LogP contribution in [0.4, 0.5) is 0 Å². The van der Waals surface area contributed by atoms with Crippen molar-refractivity contribution in [1.82, 2.24) is 0 Å². The number of benzene rings is 1. The molecule has 2 atom stereocenters. The lowest BCUT2D eigenvalue weighted by atomic mass is 9.95. The van der Waals surface area contributed by atoms with Crippen LogP contribution in [-0.2, 0) is 14.3 Å². The summed E-state index contributed by atoms with van der Waals surface area (Å²) in [6.45, 7) is 0. The first-order valence-corrected chi connectivity index (χ1v) is 6.66. The summed E-state index contributed by atoms with van der Waals surface area (Å²) in [5, 5.41) is 8.60. The zero-order valence-corrected chi connectivity index (χ0v) is 11.4. The summed E-state index contributed by atoms with van der Waals surface area (Å²) in [6, 6.07) is 7.44. The van der Waals surface area contributed by atoms with E-state index < -0.39 is 5.97 Å². The molecule has 1 fully saturated rings. The monoisotopic (exact) mass is 278 g/mol. The van der Waals surface area contributed by atoms with Crippen LogP contribution in [0.3, 0.4) is 0 Å². The van der Waals surface area contributed by atoms with Gasteiger partial charge < -0.3 is 14.6 Å². The standard InChI is InChI=1S/C15H18O5/c1-19-12-7-5-10(6-8-12)13-9-11(15(18)20-13)3-2-4-14(16)17/h5-8,11,13H,2-4,9H2,1H3,(H,16,17)/t11-,13-/m0/s1. The fraction of sp³-hybridized carbons (Fsp3) is 0.467. The molecule has 2 rings (SSSR count). The number of rotatable bonds is 6. The lowest BCUT2D eigenvalue weighted by Crippen LogP contribution is -2.08. The van der Waals surface area contributed by atoms with Crippen LogP contribution in [0.25, 0.3) is 0 Å². The Balaban J connectivity index is 1.91. The number of ether oxygens (including phenoxy) is 2. The minimum atomic E-state index is -0.830. The maximum atomic E-state index is 11.8. The average molecular weight is 278 g/mol. The molecule has 1 aliphatic rings. The molecule has 1 N–H and O–H groups in total. The van der Waals surface area contributed by atoms with Crippen molar-refractivity contribution in [3.63, 3.8) is 0 Å². The SMILES string of the molecule is COc1ccc([C@@H]2C[C@H](CCCC(=O)O)C(=O)O2)cc1. The predicted octanol–water partition coefficient (Wildman–Crippen LogP) is 2.55. The van der Waals surface area contributed by atoms with Crippen LogP contribution in [-0.4, -0.2) is 24.2 Å². The summed E-state index contributed by atoms with van der Waals surface area (Å²) in [5.41, 5.74) is 0.944. The molecule has 20 heavy (non-hydrogen) atoms. The second-order valence-corrected chi connectivity index (χ2v) is 4.92. The van der Waals surface area contributed by atoms with Gasteiger partial charge in [0.2, 0.25) is 0 Å². The number of cyclic esters (lactones) is 1. The molecule has 0 unspecified atom stereocenters. The molecule has 5 heteroatoms. The Morgan fingerprint density at radius 3 is 2.70 bits per heavy atom. The van der Waals surface area contributed by atoms with Crippen molar-refractivity contribution >= 4 is 11.9 Å². The Bertz CT molecular complexity index is 480. The molecule has 5 nitrogen and oxygen atoms in total. The zero-order chi connectivity index (χ0) is 14.5. The number of hydrogen-bond acceptors (Lipinski definition) is 4. The van der Waals surface area contributed by atoms with Crippen molar-refractivity contribution in [2.24, 2.45) is 5.92 Å². The first-order chi connectivity index (χ1) is 9.60. The Morgan fingerprint density at radius 2 is 2.10 bits per heavy atom. The number of carboxylic acid groups (broad SMARTS) is 1. The summed E-state index contributed by atoms with van der Waals surface area (Å²) >= 11 is 0. The molecular formula is C15H18O5. The topological polar surface area (TPSA) is 72.8 Å². The van der Waals surface area contributed by atoms with Gasteiger partial charge in [0.15, 0.2) is 0 Å². The summed E-state index contributed by atoms with van der Waals surface area (Å²) in [6.07, 6.45) is 1.55. The highest BCUT2D eigenvalue weighted by atomic mass is 16.6. The van der Waals surface area contributed by atoms with Crippen LogP contribution in [0.1, 0.15) is 37.4 Å². The van der Waals surface area contributed by atoms with E-state index in [1.807, 2.05) is 24.3 Å². The maximum Gasteiger partial charge on any atom is 0.309 e. The molecule has 108 valence electrons. The van der Waals surface area contributed by atoms with Crippen LogP contribution in [0.15, 0.2) is 24.3 Å². The quantitative estimate of drug-likeness (QED) is 0.809. The summed E-state index contributed by atoms with van der Waals surface area (Å²) in [4.78, 5) is 22.2. The van der Waals surface area contributed by atoms with E-state index in [9.17, 15) is 9.59 Å². The molecule has 0 aromatic heterocycles. The smallest absolute Gasteiger partial charge is 0.309 e. The van der Waals surface area contributed by atoms with Crippen LogP contribution in [0.5, 0.6) is 5.75 Å². The van der Waals surface area contributed by atoms with Crippen LogP contribution < -0.4 is 4.74 Å². The molecule has 0 spiro atoms. The Kier molecular flexibility index (Phi) is 4.61. The lowest BCUT2D eigenvalue weighted by Gasteiger charge is -2.09. The van der Waals surface area contributed by atoms with Crippen molar-refractivity contribution < 1.29 is 24.2 Å². The maximum absolute atomic E-state index is 11.8. The molecule has 0 radical (unpaired) electrons. The second-order valence-electron chi connectivity index (χ2n) is 4.92. The second kappa shape index (κ2) is 6.41. The highest BCUT2D eigenvalue weighted by Gasteiger charge is 2.34. The summed E-state index contributed by atoms with van der Waals surface area (Å²) in [5.74, 6) is -0.489. The van der Waals surface area contributed by atoms with Crippen molar-refractivity contribution in [3.05, 3.63) is 29.8 Å². The average Bonchev–Trinajstić information content (AvgIpc) is 2.80. The van der Waals surface area contributed by atoms with Crippen molar-refractivity contribution in [2.45, 2.75) is 31.8 Å². The van der Waals surface area contributed by atoms with E-state index in [0.717, 1.165) is 11.3 Å². The summed E-state index contributed by atoms with van der Waals surface area (Å²) in [7, 11) is 1.60. The molecule has 1 heterocycles. The number of aliphatic carboxylic acids is 1. The molecule has 1 aromatic rings. The van der Waals surface area contributed by atoms with Gasteiger partial charge in [-0.3, -0.25) is 9.59 Å². The largest absolute Gasteiger partial charge is 0.497 e. The normalized spacial score (nSPS) is 21.6. The van der Waals surface area contributed by atoms with Gasteiger partial charge in [0, 0.05) is 12.8 Å². The minimum absolute atomic E-state index is 0.0942. The third kappa shape index (κ3) is 3.50. The molecule has 0 aliphatic carbocycles. The van der Waals surface area contributed by atoms with Crippen molar-refractivity contribution in [3.8, 4) is 5.75 Å². The van der Waals surface area contributed by atoms with Gasteiger partial charge in [-0.25, -0.2) is 0 Å². The highest BCUT2D eigenvalue weighted by Crippen LogP contribution is 2.36. The molecule has 0 saturated carbocycles. The lowest BCUT2D eigenvalue weighted by molar-refractivity contribution is -0.145. The van der Waals surface area contributed by atoms with Crippen LogP contribution >= 0.6 is 0 Å². The fourth-order valence-electron chi connectivity index (χ4n) is 2.40.